The molecular formula is C27H26N4O3S. The van der Waals surface area contributed by atoms with Crippen LogP contribution in [-0.2, 0) is 6.61 Å². The minimum Gasteiger partial charge on any atom is -0.487 e. The number of imidazole rings is 1. The highest BCUT2D eigenvalue weighted by molar-refractivity contribution is 7.99. The second-order valence-electron chi connectivity index (χ2n) is 8.40. The van der Waals surface area contributed by atoms with Crippen LogP contribution in [0.3, 0.4) is 0 Å². The molecule has 1 aliphatic rings. The molecule has 0 atom stereocenters. The molecule has 1 fully saturated rings. The topological polar surface area (TPSA) is 75.9 Å². The molecule has 0 spiro atoms. The number of carbonyl (C=O) groups is 2. The lowest BCUT2D eigenvalue weighted by Gasteiger charge is -2.26. The predicted molar refractivity (Wildman–Crippen MR) is 138 cm³/mol. The average Bonchev–Trinajstić information content (AvgIpc) is 3.32. The normalized spacial score (nSPS) is 13.6. The van der Waals surface area contributed by atoms with E-state index < -0.39 is 0 Å². The van der Waals surface area contributed by atoms with Gasteiger partial charge in [-0.05, 0) is 61.0 Å². The molecule has 178 valence electrons. The smallest absolute Gasteiger partial charge is 0.255 e. The number of nitrogens with zero attached hydrogens (tertiary/aromatic N) is 3. The van der Waals surface area contributed by atoms with Crippen molar-refractivity contribution in [2.75, 3.05) is 29.9 Å². The van der Waals surface area contributed by atoms with Crippen LogP contribution in [0, 0.1) is 6.92 Å². The number of rotatable bonds is 6. The van der Waals surface area contributed by atoms with Gasteiger partial charge < -0.3 is 19.4 Å². The minimum atomic E-state index is -0.238. The minimum absolute atomic E-state index is 0.0433. The summed E-state index contributed by atoms with van der Waals surface area (Å²) in [4.78, 5) is 32.1. The SMILES string of the molecule is Cc1cc(C(=O)N2CCSCC2)ccc1NC(=O)c1cccc(OCc2cn3ccccc3n2)c1. The van der Waals surface area contributed by atoms with E-state index in [1.807, 2.05) is 70.7 Å². The van der Waals surface area contributed by atoms with Gasteiger partial charge in [0.15, 0.2) is 0 Å². The quantitative estimate of drug-likeness (QED) is 0.429. The molecule has 2 aromatic heterocycles. The number of amides is 2. The van der Waals surface area contributed by atoms with Crippen LogP contribution in [-0.4, -0.2) is 50.7 Å². The zero-order valence-electron chi connectivity index (χ0n) is 19.4. The highest BCUT2D eigenvalue weighted by atomic mass is 32.2. The first kappa shape index (κ1) is 23.0. The molecule has 1 saturated heterocycles. The van der Waals surface area contributed by atoms with Crippen molar-refractivity contribution < 1.29 is 14.3 Å². The van der Waals surface area contributed by atoms with E-state index in [0.29, 0.717) is 29.2 Å². The van der Waals surface area contributed by atoms with Gasteiger partial charge in [-0.15, -0.1) is 0 Å². The van der Waals surface area contributed by atoms with Crippen molar-refractivity contribution in [3.63, 3.8) is 0 Å². The number of nitrogens with one attached hydrogen (secondary N) is 1. The molecule has 2 amide bonds. The fraction of sp³-hybridized carbons (Fsp3) is 0.222. The highest BCUT2D eigenvalue weighted by Crippen LogP contribution is 2.21. The van der Waals surface area contributed by atoms with Crippen molar-refractivity contribution in [2.24, 2.45) is 0 Å². The van der Waals surface area contributed by atoms with Crippen LogP contribution < -0.4 is 10.1 Å². The van der Waals surface area contributed by atoms with Crippen LogP contribution in [0.4, 0.5) is 5.69 Å². The van der Waals surface area contributed by atoms with Gasteiger partial charge in [0.1, 0.15) is 18.0 Å². The second-order valence-corrected chi connectivity index (χ2v) is 9.63. The second kappa shape index (κ2) is 10.2. The van der Waals surface area contributed by atoms with E-state index in [1.165, 1.54) is 0 Å². The Balaban J connectivity index is 1.23. The summed E-state index contributed by atoms with van der Waals surface area (Å²) in [6.07, 6.45) is 3.86. The predicted octanol–water partition coefficient (Wildman–Crippen LogP) is 4.66. The zero-order valence-corrected chi connectivity index (χ0v) is 20.3. The maximum Gasteiger partial charge on any atom is 0.255 e. The van der Waals surface area contributed by atoms with Crippen LogP contribution in [0.5, 0.6) is 5.75 Å². The third-order valence-electron chi connectivity index (χ3n) is 5.92. The Labute approximate surface area is 208 Å². The van der Waals surface area contributed by atoms with Gasteiger partial charge in [0, 0.05) is 53.8 Å². The molecule has 35 heavy (non-hydrogen) atoms. The lowest BCUT2D eigenvalue weighted by molar-refractivity contribution is 0.0772. The Kier molecular flexibility index (Phi) is 6.72. The summed E-state index contributed by atoms with van der Waals surface area (Å²) in [5.74, 6) is 2.34. The summed E-state index contributed by atoms with van der Waals surface area (Å²) >= 11 is 1.87. The van der Waals surface area contributed by atoms with Gasteiger partial charge in [-0.1, -0.05) is 12.1 Å². The first-order valence-electron chi connectivity index (χ1n) is 11.5. The maximum atomic E-state index is 12.9. The number of ether oxygens (including phenoxy) is 1. The number of anilines is 1. The zero-order chi connectivity index (χ0) is 24.2. The van der Waals surface area contributed by atoms with Gasteiger partial charge in [-0.25, -0.2) is 4.98 Å². The van der Waals surface area contributed by atoms with E-state index in [-0.39, 0.29) is 11.8 Å². The summed E-state index contributed by atoms with van der Waals surface area (Å²) < 4.78 is 7.83. The number of fused-ring (bicyclic) bond motifs is 1. The molecule has 5 rings (SSSR count). The Morgan fingerprint density at radius 2 is 1.89 bits per heavy atom. The number of hydrogen-bond acceptors (Lipinski definition) is 5. The van der Waals surface area contributed by atoms with E-state index in [2.05, 4.69) is 10.3 Å². The Bertz CT molecular complexity index is 1340. The van der Waals surface area contributed by atoms with Crippen molar-refractivity contribution in [1.29, 1.82) is 0 Å². The van der Waals surface area contributed by atoms with Gasteiger partial charge in [-0.3, -0.25) is 9.59 Å². The molecule has 8 heteroatoms. The summed E-state index contributed by atoms with van der Waals surface area (Å²) in [5, 5.41) is 2.95. The molecular weight excluding hydrogens is 460 g/mol. The van der Waals surface area contributed by atoms with Gasteiger partial charge in [0.25, 0.3) is 11.8 Å². The molecule has 1 aliphatic heterocycles. The maximum absolute atomic E-state index is 12.9. The molecule has 0 saturated carbocycles. The van der Waals surface area contributed by atoms with Crippen molar-refractivity contribution in [3.05, 3.63) is 95.4 Å². The molecule has 0 unspecified atom stereocenters. The molecule has 4 aromatic rings. The monoisotopic (exact) mass is 486 g/mol. The van der Waals surface area contributed by atoms with Crippen LogP contribution in [0.15, 0.2) is 73.1 Å². The van der Waals surface area contributed by atoms with Gasteiger partial charge in [0.2, 0.25) is 0 Å². The average molecular weight is 487 g/mol. The largest absolute Gasteiger partial charge is 0.487 e. The van der Waals surface area contributed by atoms with Crippen LogP contribution >= 0.6 is 11.8 Å². The van der Waals surface area contributed by atoms with Gasteiger partial charge in [-0.2, -0.15) is 11.8 Å². The molecule has 3 heterocycles. The number of aromatic nitrogens is 2. The number of hydrogen-bond donors (Lipinski definition) is 1. The highest BCUT2D eigenvalue weighted by Gasteiger charge is 2.19. The van der Waals surface area contributed by atoms with E-state index in [0.717, 1.165) is 41.5 Å². The summed E-state index contributed by atoms with van der Waals surface area (Å²) in [6.45, 7) is 3.75. The van der Waals surface area contributed by atoms with Crippen LogP contribution in [0.2, 0.25) is 0 Å². The Hall–Kier alpha value is -3.78. The standard InChI is InChI=1S/C27H26N4O3S/c1-19-15-21(27(33)30-11-13-35-14-12-30)8-9-24(19)29-26(32)20-5-4-6-23(16-20)34-18-22-17-31-10-3-2-7-25(31)28-22/h2-10,15-17H,11-14,18H2,1H3,(H,29,32). The summed E-state index contributed by atoms with van der Waals surface area (Å²) in [6, 6.07) is 18.3. The van der Waals surface area contributed by atoms with E-state index in [9.17, 15) is 9.59 Å². The summed E-state index contributed by atoms with van der Waals surface area (Å²) in [7, 11) is 0. The fourth-order valence-corrected chi connectivity index (χ4v) is 4.92. The number of carbonyl (C=O) groups excluding carboxylic acids is 2. The summed E-state index contributed by atoms with van der Waals surface area (Å²) in [5.41, 5.74) is 4.32. The fourth-order valence-electron chi connectivity index (χ4n) is 4.02. The molecule has 1 N–H and O–H groups in total. The van der Waals surface area contributed by atoms with Crippen LogP contribution in [0.25, 0.3) is 5.65 Å². The third-order valence-corrected chi connectivity index (χ3v) is 6.86. The number of pyridine rings is 1. The van der Waals surface area contributed by atoms with E-state index >= 15 is 0 Å². The lowest BCUT2D eigenvalue weighted by Crippen LogP contribution is -2.37. The van der Waals surface area contributed by atoms with Crippen molar-refractivity contribution in [2.45, 2.75) is 13.5 Å². The number of benzene rings is 2. The number of aryl methyl sites for hydroxylation is 1. The third kappa shape index (κ3) is 5.33. The van der Waals surface area contributed by atoms with Crippen molar-refractivity contribution in [3.8, 4) is 5.75 Å². The van der Waals surface area contributed by atoms with E-state index in [1.54, 1.807) is 30.3 Å². The number of thioether (sulfide) groups is 1. The van der Waals surface area contributed by atoms with Crippen molar-refractivity contribution in [1.82, 2.24) is 14.3 Å². The van der Waals surface area contributed by atoms with Gasteiger partial charge in [0.05, 0.1) is 5.69 Å². The Morgan fingerprint density at radius 3 is 2.69 bits per heavy atom. The molecule has 2 aromatic carbocycles. The molecule has 7 nitrogen and oxygen atoms in total. The lowest BCUT2D eigenvalue weighted by atomic mass is 10.1. The van der Waals surface area contributed by atoms with Gasteiger partial charge >= 0.3 is 0 Å². The first-order valence-corrected chi connectivity index (χ1v) is 12.7. The molecule has 0 radical (unpaired) electrons. The first-order chi connectivity index (χ1) is 17.1. The van der Waals surface area contributed by atoms with Crippen LogP contribution in [0.1, 0.15) is 32.0 Å². The van der Waals surface area contributed by atoms with Crippen molar-refractivity contribution >= 4 is 34.9 Å². The Morgan fingerprint density at radius 1 is 1.03 bits per heavy atom. The van der Waals surface area contributed by atoms with E-state index in [4.69, 9.17) is 4.74 Å². The molecule has 0 aliphatic carbocycles. The molecule has 0 bridgehead atoms.